The van der Waals surface area contributed by atoms with E-state index >= 15 is 0 Å². The molecule has 0 bridgehead atoms. The number of benzene rings is 1. The van der Waals surface area contributed by atoms with Crippen molar-refractivity contribution in [1.29, 1.82) is 0 Å². The monoisotopic (exact) mass is 338 g/mol. The summed E-state index contributed by atoms with van der Waals surface area (Å²) in [5, 5.41) is 7.99. The Labute approximate surface area is 144 Å². The predicted molar refractivity (Wildman–Crippen MR) is 89.2 cm³/mol. The second kappa shape index (κ2) is 5.70. The van der Waals surface area contributed by atoms with Crippen molar-refractivity contribution in [3.05, 3.63) is 47.3 Å². The molecule has 0 spiro atoms. The number of oxazole rings is 1. The van der Waals surface area contributed by atoms with Crippen molar-refractivity contribution in [2.75, 3.05) is 19.8 Å². The fraction of sp³-hybridized carbons (Fsp3) is 0.389. The van der Waals surface area contributed by atoms with E-state index in [1.165, 1.54) is 0 Å². The van der Waals surface area contributed by atoms with Gasteiger partial charge in [0.2, 0.25) is 0 Å². The van der Waals surface area contributed by atoms with E-state index in [0.717, 1.165) is 41.3 Å². The first-order chi connectivity index (χ1) is 12.3. The SMILES string of the molecule is O=C(c1n[nH]c2ccccc12)N1CCc2oc(C3CCOC3)nc2C1. The number of rotatable bonds is 2. The number of nitrogens with zero attached hydrogens (tertiary/aromatic N) is 3. The Morgan fingerprint density at radius 1 is 1.32 bits per heavy atom. The number of amides is 1. The number of nitrogens with one attached hydrogen (secondary N) is 1. The maximum absolute atomic E-state index is 12.9. The second-order valence-corrected chi connectivity index (χ2v) is 6.58. The van der Waals surface area contributed by atoms with Gasteiger partial charge < -0.3 is 14.1 Å². The molecule has 1 saturated heterocycles. The summed E-state index contributed by atoms with van der Waals surface area (Å²) in [6.45, 7) is 2.51. The van der Waals surface area contributed by atoms with Gasteiger partial charge in [0.15, 0.2) is 11.6 Å². The van der Waals surface area contributed by atoms with Crippen LogP contribution in [0, 0.1) is 0 Å². The summed E-state index contributed by atoms with van der Waals surface area (Å²) in [7, 11) is 0. The van der Waals surface area contributed by atoms with Crippen molar-refractivity contribution in [2.24, 2.45) is 0 Å². The molecule has 5 rings (SSSR count). The summed E-state index contributed by atoms with van der Waals surface area (Å²) in [6.07, 6.45) is 1.63. The van der Waals surface area contributed by atoms with Gasteiger partial charge in [0, 0.05) is 25.0 Å². The number of carbonyl (C=O) groups excluding carboxylic acids is 1. The van der Waals surface area contributed by atoms with Crippen LogP contribution >= 0.6 is 0 Å². The minimum atomic E-state index is -0.0724. The Morgan fingerprint density at radius 2 is 2.24 bits per heavy atom. The van der Waals surface area contributed by atoms with Crippen LogP contribution in [0.15, 0.2) is 28.7 Å². The standard InChI is InChI=1S/C18H18N4O3/c23-18(16-12-3-1-2-4-13(12)20-21-16)22-7-5-15-14(9-22)19-17(25-15)11-6-8-24-10-11/h1-4,11H,5-10H2,(H,20,21). The lowest BCUT2D eigenvalue weighted by Gasteiger charge is -2.24. The molecule has 3 aromatic rings. The molecule has 0 radical (unpaired) electrons. The lowest BCUT2D eigenvalue weighted by atomic mass is 10.1. The Morgan fingerprint density at radius 3 is 3.12 bits per heavy atom. The Kier molecular flexibility index (Phi) is 3.34. The van der Waals surface area contributed by atoms with E-state index in [-0.39, 0.29) is 11.8 Å². The summed E-state index contributed by atoms with van der Waals surface area (Å²) in [5.74, 6) is 1.82. The highest BCUT2D eigenvalue weighted by Crippen LogP contribution is 2.29. The fourth-order valence-electron chi connectivity index (χ4n) is 3.57. The van der Waals surface area contributed by atoms with Crippen LogP contribution in [0.5, 0.6) is 0 Å². The molecule has 1 fully saturated rings. The molecule has 7 heteroatoms. The third kappa shape index (κ3) is 2.42. The topological polar surface area (TPSA) is 84.2 Å². The van der Waals surface area contributed by atoms with Gasteiger partial charge in [0.25, 0.3) is 5.91 Å². The van der Waals surface area contributed by atoms with Gasteiger partial charge in [0.05, 0.1) is 24.6 Å². The molecule has 2 aromatic heterocycles. The number of aromatic amines is 1. The number of fused-ring (bicyclic) bond motifs is 2. The molecule has 2 aliphatic rings. The first kappa shape index (κ1) is 14.7. The number of carbonyl (C=O) groups is 1. The molecule has 1 N–H and O–H groups in total. The zero-order valence-corrected chi connectivity index (χ0v) is 13.7. The maximum atomic E-state index is 12.9. The molecule has 128 valence electrons. The van der Waals surface area contributed by atoms with Gasteiger partial charge >= 0.3 is 0 Å². The van der Waals surface area contributed by atoms with Gasteiger partial charge in [-0.25, -0.2) is 4.98 Å². The highest BCUT2D eigenvalue weighted by atomic mass is 16.5. The van der Waals surface area contributed by atoms with Crippen LogP contribution in [-0.2, 0) is 17.7 Å². The van der Waals surface area contributed by atoms with Crippen LogP contribution in [-0.4, -0.2) is 45.7 Å². The van der Waals surface area contributed by atoms with Crippen molar-refractivity contribution in [1.82, 2.24) is 20.1 Å². The molecular formula is C18H18N4O3. The molecule has 2 aliphatic heterocycles. The first-order valence-corrected chi connectivity index (χ1v) is 8.58. The van der Waals surface area contributed by atoms with Crippen LogP contribution in [0.4, 0.5) is 0 Å². The van der Waals surface area contributed by atoms with Crippen LogP contribution in [0.2, 0.25) is 0 Å². The molecule has 0 aliphatic carbocycles. The minimum Gasteiger partial charge on any atom is -0.445 e. The number of hydrogen-bond acceptors (Lipinski definition) is 5. The number of H-pyrrole nitrogens is 1. The fourth-order valence-corrected chi connectivity index (χ4v) is 3.57. The number of hydrogen-bond donors (Lipinski definition) is 1. The van der Waals surface area contributed by atoms with E-state index in [0.29, 0.717) is 31.8 Å². The van der Waals surface area contributed by atoms with Gasteiger partial charge in [-0.2, -0.15) is 5.10 Å². The average Bonchev–Trinajstić information content (AvgIpc) is 3.38. The molecule has 4 heterocycles. The van der Waals surface area contributed by atoms with Crippen LogP contribution in [0.1, 0.15) is 40.2 Å². The minimum absolute atomic E-state index is 0.0724. The molecule has 1 atom stereocenters. The number of ether oxygens (including phenoxy) is 1. The summed E-state index contributed by atoms with van der Waals surface area (Å²) in [4.78, 5) is 19.3. The normalized spacial score (nSPS) is 20.2. The number of aromatic nitrogens is 3. The van der Waals surface area contributed by atoms with Gasteiger partial charge in [-0.1, -0.05) is 18.2 Å². The first-order valence-electron chi connectivity index (χ1n) is 8.58. The van der Waals surface area contributed by atoms with E-state index in [4.69, 9.17) is 9.15 Å². The molecule has 1 aromatic carbocycles. The van der Waals surface area contributed by atoms with Crippen molar-refractivity contribution >= 4 is 16.8 Å². The summed E-state index contributed by atoms with van der Waals surface area (Å²) < 4.78 is 11.3. The molecular weight excluding hydrogens is 320 g/mol. The van der Waals surface area contributed by atoms with Crippen molar-refractivity contribution in [3.63, 3.8) is 0 Å². The number of para-hydroxylation sites is 1. The Balaban J connectivity index is 1.40. The summed E-state index contributed by atoms with van der Waals surface area (Å²) in [6, 6.07) is 7.67. The highest BCUT2D eigenvalue weighted by molar-refractivity contribution is 6.04. The zero-order chi connectivity index (χ0) is 16.8. The zero-order valence-electron chi connectivity index (χ0n) is 13.7. The van der Waals surface area contributed by atoms with Gasteiger partial charge in [-0.15, -0.1) is 0 Å². The smallest absolute Gasteiger partial charge is 0.275 e. The summed E-state index contributed by atoms with van der Waals surface area (Å²) >= 11 is 0. The molecule has 25 heavy (non-hydrogen) atoms. The maximum Gasteiger partial charge on any atom is 0.275 e. The van der Waals surface area contributed by atoms with Gasteiger partial charge in [-0.05, 0) is 12.5 Å². The van der Waals surface area contributed by atoms with Crippen LogP contribution in [0.25, 0.3) is 10.9 Å². The third-order valence-corrected chi connectivity index (χ3v) is 4.98. The summed E-state index contributed by atoms with van der Waals surface area (Å²) in [5.41, 5.74) is 2.20. The van der Waals surface area contributed by atoms with E-state index in [1.54, 1.807) is 4.90 Å². The lowest BCUT2D eigenvalue weighted by molar-refractivity contribution is 0.0723. The Hall–Kier alpha value is -2.67. The van der Waals surface area contributed by atoms with E-state index in [1.807, 2.05) is 24.3 Å². The largest absolute Gasteiger partial charge is 0.445 e. The van der Waals surface area contributed by atoms with E-state index in [9.17, 15) is 4.79 Å². The third-order valence-electron chi connectivity index (χ3n) is 4.98. The highest BCUT2D eigenvalue weighted by Gasteiger charge is 2.30. The quantitative estimate of drug-likeness (QED) is 0.775. The van der Waals surface area contributed by atoms with Crippen molar-refractivity contribution in [3.8, 4) is 0 Å². The average molecular weight is 338 g/mol. The predicted octanol–water partition coefficient (Wildman–Crippen LogP) is 2.25. The molecule has 0 saturated carbocycles. The lowest BCUT2D eigenvalue weighted by Crippen LogP contribution is -2.36. The van der Waals surface area contributed by atoms with Gasteiger partial charge in [0.1, 0.15) is 11.5 Å². The second-order valence-electron chi connectivity index (χ2n) is 6.58. The van der Waals surface area contributed by atoms with Gasteiger partial charge in [-0.3, -0.25) is 9.89 Å². The van der Waals surface area contributed by atoms with E-state index < -0.39 is 0 Å². The molecule has 7 nitrogen and oxygen atoms in total. The van der Waals surface area contributed by atoms with Crippen LogP contribution < -0.4 is 0 Å². The molecule has 1 unspecified atom stereocenters. The Bertz CT molecular complexity index is 939. The van der Waals surface area contributed by atoms with Crippen molar-refractivity contribution in [2.45, 2.75) is 25.3 Å². The van der Waals surface area contributed by atoms with E-state index in [2.05, 4.69) is 15.2 Å². The van der Waals surface area contributed by atoms with Crippen molar-refractivity contribution < 1.29 is 13.9 Å². The molecule has 1 amide bonds. The van der Waals surface area contributed by atoms with Crippen LogP contribution in [0.3, 0.4) is 0 Å².